The van der Waals surface area contributed by atoms with E-state index in [1.807, 2.05) is 18.5 Å². The third kappa shape index (κ3) is 11.3. The maximum absolute atomic E-state index is 11.2. The molecule has 0 amide bonds. The fraction of sp³-hybridized carbons (Fsp3) is 0.583. The normalized spacial score (nSPS) is 17.7. The summed E-state index contributed by atoms with van der Waals surface area (Å²) >= 11 is 0. The second-order valence-electron chi connectivity index (χ2n) is 14.8. The van der Waals surface area contributed by atoms with Crippen molar-refractivity contribution >= 4 is 18.4 Å². The van der Waals surface area contributed by atoms with Crippen LogP contribution >= 0.6 is 0 Å². The molecular formula is C36H54CoN2O5. The van der Waals surface area contributed by atoms with Gasteiger partial charge < -0.3 is 20.4 Å². The van der Waals surface area contributed by atoms with E-state index in [1.165, 1.54) is 5.56 Å². The number of aliphatic hydroxyl groups excluding tert-OH is 1. The van der Waals surface area contributed by atoms with Gasteiger partial charge in [-0.2, -0.15) is 0 Å². The zero-order valence-electron chi connectivity index (χ0n) is 28.3. The van der Waals surface area contributed by atoms with Crippen molar-refractivity contribution in [3.63, 3.8) is 0 Å². The summed E-state index contributed by atoms with van der Waals surface area (Å²) in [6.45, 7) is 21.1. The first-order valence-corrected chi connectivity index (χ1v) is 15.4. The van der Waals surface area contributed by atoms with Gasteiger partial charge in [0, 0.05) is 51.5 Å². The van der Waals surface area contributed by atoms with E-state index < -0.39 is 5.97 Å². The van der Waals surface area contributed by atoms with Crippen molar-refractivity contribution < 1.29 is 42.0 Å². The van der Waals surface area contributed by atoms with Crippen molar-refractivity contribution in [2.45, 2.75) is 130 Å². The van der Waals surface area contributed by atoms with Crippen molar-refractivity contribution in [1.29, 1.82) is 0 Å². The molecule has 0 aromatic heterocycles. The number of nitrogens with zero attached hydrogens (tertiary/aromatic N) is 2. The number of hydrogen-bond acceptors (Lipinski definition) is 6. The van der Waals surface area contributed by atoms with Gasteiger partial charge in [0.25, 0.3) is 0 Å². The number of benzene rings is 2. The molecule has 8 heteroatoms. The van der Waals surface area contributed by atoms with E-state index in [-0.39, 0.29) is 58.1 Å². The number of aliphatic carboxylic acids is 1. The maximum atomic E-state index is 11.2. The molecule has 0 bridgehead atoms. The number of aryl methyl sites for hydroxylation is 1. The van der Waals surface area contributed by atoms with Crippen LogP contribution in [0.1, 0.15) is 128 Å². The fourth-order valence-corrected chi connectivity index (χ4v) is 5.12. The topological polar surface area (TPSA) is 123 Å². The van der Waals surface area contributed by atoms with Crippen LogP contribution in [0.15, 0.2) is 34.3 Å². The van der Waals surface area contributed by atoms with Gasteiger partial charge in [0.15, 0.2) is 0 Å². The molecule has 2 atom stereocenters. The van der Waals surface area contributed by atoms with Crippen LogP contribution in [0.5, 0.6) is 11.5 Å². The first-order chi connectivity index (χ1) is 19.8. The van der Waals surface area contributed by atoms with Crippen LogP contribution in [-0.4, -0.2) is 57.5 Å². The Morgan fingerprint density at radius 1 is 0.773 bits per heavy atom. The summed E-state index contributed by atoms with van der Waals surface area (Å²) in [5.41, 5.74) is 5.39. The molecule has 2 aromatic rings. The minimum atomic E-state index is -0.961. The van der Waals surface area contributed by atoms with Gasteiger partial charge in [0.1, 0.15) is 11.5 Å². The van der Waals surface area contributed by atoms with Crippen LogP contribution in [0.3, 0.4) is 0 Å². The molecule has 1 radical (unpaired) electrons. The van der Waals surface area contributed by atoms with Gasteiger partial charge in [-0.15, -0.1) is 0 Å². The summed E-state index contributed by atoms with van der Waals surface area (Å²) in [5, 5.41) is 37.7. The van der Waals surface area contributed by atoms with Crippen molar-refractivity contribution in [2.24, 2.45) is 9.98 Å². The maximum Gasteiger partial charge on any atom is 0.305 e. The number of phenols is 2. The molecule has 3 rings (SSSR count). The molecule has 0 spiro atoms. The summed E-state index contributed by atoms with van der Waals surface area (Å²) in [7, 11) is 0. The first-order valence-electron chi connectivity index (χ1n) is 15.4. The smallest absolute Gasteiger partial charge is 0.305 e. The Balaban J connectivity index is 0.00000125. The van der Waals surface area contributed by atoms with E-state index in [1.54, 1.807) is 0 Å². The zero-order chi connectivity index (χ0) is 32.8. The second kappa shape index (κ2) is 16.0. The molecule has 1 saturated carbocycles. The first kappa shape index (κ1) is 39.3. The molecule has 4 N–H and O–H groups in total. The van der Waals surface area contributed by atoms with Gasteiger partial charge >= 0.3 is 5.97 Å². The third-order valence-corrected chi connectivity index (χ3v) is 7.73. The molecular weight excluding hydrogens is 599 g/mol. The SMILES string of the molecule is Cc1cc(C=NC2CCCCC2N=Cc2cc(C(C)(C)C)cc(C(C)(C)C)c2O)c(O)c(C(C)(C)C)c1.O=C(O)CCO.[Co]. The molecule has 2 unspecified atom stereocenters. The summed E-state index contributed by atoms with van der Waals surface area (Å²) < 4.78 is 0. The molecule has 44 heavy (non-hydrogen) atoms. The average Bonchev–Trinajstić information content (AvgIpc) is 2.87. The van der Waals surface area contributed by atoms with Crippen LogP contribution < -0.4 is 0 Å². The standard InChI is InChI=1S/C33H48N2O2.C3H6O3.Co/c1-21-15-22(29(36)25(16-21)32(5,6)7)19-34-27-13-11-12-14-28(27)35-20-23-17-24(31(2,3)4)18-26(30(23)37)33(8,9)10;4-2-1-3(5)6;/h15-20,27-28,36-37H,11-14H2,1-10H3;4H,1-2H2,(H,5,6);. The number of aromatic hydroxyl groups is 2. The number of phenolic OH excluding ortho intramolecular Hbond substituents is 2. The Kier molecular flexibility index (Phi) is 14.3. The predicted octanol–water partition coefficient (Wildman–Crippen LogP) is 7.60. The van der Waals surface area contributed by atoms with E-state index in [0.717, 1.165) is 53.5 Å². The van der Waals surface area contributed by atoms with Gasteiger partial charge in [-0.3, -0.25) is 14.8 Å². The number of carbonyl (C=O) groups is 1. The molecule has 0 heterocycles. The van der Waals surface area contributed by atoms with Crippen LogP contribution in [0.4, 0.5) is 0 Å². The second-order valence-corrected chi connectivity index (χ2v) is 14.8. The molecule has 247 valence electrons. The van der Waals surface area contributed by atoms with Crippen LogP contribution in [0, 0.1) is 6.92 Å². The summed E-state index contributed by atoms with van der Waals surface area (Å²) in [6, 6.07) is 8.38. The molecule has 0 aliphatic heterocycles. The summed E-state index contributed by atoms with van der Waals surface area (Å²) in [5.74, 6) is -0.326. The number of carboxylic acid groups (broad SMARTS) is 1. The summed E-state index contributed by atoms with van der Waals surface area (Å²) in [6.07, 6.45) is 7.74. The van der Waals surface area contributed by atoms with Gasteiger partial charge in [0.2, 0.25) is 0 Å². The Hall–Kier alpha value is -2.68. The van der Waals surface area contributed by atoms with Gasteiger partial charge in [-0.1, -0.05) is 87.3 Å². The Labute approximate surface area is 275 Å². The zero-order valence-corrected chi connectivity index (χ0v) is 29.3. The van der Waals surface area contributed by atoms with Crippen LogP contribution in [0.25, 0.3) is 0 Å². The van der Waals surface area contributed by atoms with Crippen molar-refractivity contribution in [3.05, 3.63) is 57.6 Å². The Morgan fingerprint density at radius 2 is 1.20 bits per heavy atom. The summed E-state index contributed by atoms with van der Waals surface area (Å²) in [4.78, 5) is 19.4. The number of aliphatic hydroxyl groups is 1. The predicted molar refractivity (Wildman–Crippen MR) is 178 cm³/mol. The van der Waals surface area contributed by atoms with Crippen LogP contribution in [0.2, 0.25) is 0 Å². The van der Waals surface area contributed by atoms with E-state index in [2.05, 4.69) is 87.4 Å². The monoisotopic (exact) mass is 653 g/mol. The molecule has 1 fully saturated rings. The number of hydrogen-bond donors (Lipinski definition) is 4. The molecule has 1 aliphatic rings. The number of carboxylic acids is 1. The van der Waals surface area contributed by atoms with E-state index >= 15 is 0 Å². The molecule has 2 aromatic carbocycles. The van der Waals surface area contributed by atoms with Crippen molar-refractivity contribution in [2.75, 3.05) is 6.61 Å². The Bertz CT molecular complexity index is 1310. The fourth-order valence-electron chi connectivity index (χ4n) is 5.12. The number of aliphatic imine (C=N–C) groups is 2. The molecule has 1 aliphatic carbocycles. The van der Waals surface area contributed by atoms with Crippen molar-refractivity contribution in [1.82, 2.24) is 0 Å². The Morgan fingerprint density at radius 3 is 1.57 bits per heavy atom. The van der Waals surface area contributed by atoms with Crippen LogP contribution in [-0.2, 0) is 37.8 Å². The van der Waals surface area contributed by atoms with E-state index in [9.17, 15) is 15.0 Å². The average molecular weight is 654 g/mol. The van der Waals surface area contributed by atoms with Crippen molar-refractivity contribution in [3.8, 4) is 11.5 Å². The minimum Gasteiger partial charge on any atom is -0.507 e. The molecule has 7 nitrogen and oxygen atoms in total. The van der Waals surface area contributed by atoms with Gasteiger partial charge in [-0.25, -0.2) is 0 Å². The third-order valence-electron chi connectivity index (χ3n) is 7.73. The molecule has 0 saturated heterocycles. The number of rotatable bonds is 6. The quantitative estimate of drug-likeness (QED) is 0.239. The van der Waals surface area contributed by atoms with E-state index in [4.69, 9.17) is 20.2 Å². The van der Waals surface area contributed by atoms with Gasteiger partial charge in [-0.05, 0) is 59.3 Å². The van der Waals surface area contributed by atoms with Gasteiger partial charge in [0.05, 0.1) is 25.1 Å². The largest absolute Gasteiger partial charge is 0.507 e. The van der Waals surface area contributed by atoms with E-state index in [0.29, 0.717) is 11.5 Å². The minimum absolute atomic E-state index is 0.